The van der Waals surface area contributed by atoms with E-state index < -0.39 is 5.97 Å². The molecule has 2 aromatic carbocycles. The zero-order chi connectivity index (χ0) is 19.0. The SMILES string of the molecule is Cc1ccc2c(c1)C(=O)N(CCC(=O)OCc1nc3ccccc3s1)C2=O. The number of carbonyl (C=O) groups is 3. The number of hydrogen-bond donors (Lipinski definition) is 0. The van der Waals surface area contributed by atoms with Crippen LogP contribution in [0, 0.1) is 6.92 Å². The van der Waals surface area contributed by atoms with Crippen LogP contribution in [0.4, 0.5) is 0 Å². The summed E-state index contributed by atoms with van der Waals surface area (Å²) in [7, 11) is 0. The van der Waals surface area contributed by atoms with Crippen LogP contribution < -0.4 is 0 Å². The summed E-state index contributed by atoms with van der Waals surface area (Å²) in [6, 6.07) is 12.8. The summed E-state index contributed by atoms with van der Waals surface area (Å²) < 4.78 is 6.28. The van der Waals surface area contributed by atoms with Gasteiger partial charge >= 0.3 is 5.97 Å². The molecule has 0 spiro atoms. The van der Waals surface area contributed by atoms with Gasteiger partial charge in [0.25, 0.3) is 11.8 Å². The monoisotopic (exact) mass is 380 g/mol. The quantitative estimate of drug-likeness (QED) is 0.501. The molecule has 0 bridgehead atoms. The van der Waals surface area contributed by atoms with Crippen LogP contribution in [0.3, 0.4) is 0 Å². The predicted molar refractivity (Wildman–Crippen MR) is 101 cm³/mol. The van der Waals surface area contributed by atoms with E-state index in [9.17, 15) is 14.4 Å². The fraction of sp³-hybridized carbons (Fsp3) is 0.200. The van der Waals surface area contributed by atoms with E-state index in [1.165, 1.54) is 11.3 Å². The van der Waals surface area contributed by atoms with Gasteiger partial charge in [0.15, 0.2) is 0 Å². The molecule has 6 nitrogen and oxygen atoms in total. The average Bonchev–Trinajstić information content (AvgIpc) is 3.18. The molecule has 0 atom stereocenters. The smallest absolute Gasteiger partial charge is 0.308 e. The summed E-state index contributed by atoms with van der Waals surface area (Å²) in [6.45, 7) is 1.95. The Morgan fingerprint density at radius 3 is 2.70 bits per heavy atom. The molecule has 7 heteroatoms. The Morgan fingerprint density at radius 1 is 1.11 bits per heavy atom. The first-order valence-corrected chi connectivity index (χ1v) is 9.31. The van der Waals surface area contributed by atoms with E-state index in [1.54, 1.807) is 18.2 Å². The second-order valence-corrected chi connectivity index (χ2v) is 7.41. The molecule has 2 amide bonds. The van der Waals surface area contributed by atoms with Crippen LogP contribution >= 0.6 is 11.3 Å². The van der Waals surface area contributed by atoms with Crippen molar-refractivity contribution in [3.63, 3.8) is 0 Å². The Bertz CT molecular complexity index is 1040. The van der Waals surface area contributed by atoms with E-state index in [1.807, 2.05) is 31.2 Å². The first kappa shape index (κ1) is 17.4. The van der Waals surface area contributed by atoms with Crippen molar-refractivity contribution in [3.8, 4) is 0 Å². The van der Waals surface area contributed by atoms with Crippen molar-refractivity contribution in [3.05, 3.63) is 64.2 Å². The molecular formula is C20H16N2O4S. The molecule has 1 aromatic heterocycles. The fourth-order valence-corrected chi connectivity index (χ4v) is 3.89. The number of hydrogen-bond acceptors (Lipinski definition) is 6. The number of rotatable bonds is 5. The summed E-state index contributed by atoms with van der Waals surface area (Å²) >= 11 is 1.47. The summed E-state index contributed by atoms with van der Waals surface area (Å²) in [6.07, 6.45) is -0.0463. The van der Waals surface area contributed by atoms with Crippen LogP contribution in [0.1, 0.15) is 37.7 Å². The zero-order valence-electron chi connectivity index (χ0n) is 14.6. The lowest BCUT2D eigenvalue weighted by molar-refractivity contribution is -0.145. The van der Waals surface area contributed by atoms with Crippen molar-refractivity contribution in [1.82, 2.24) is 9.88 Å². The lowest BCUT2D eigenvalue weighted by Gasteiger charge is -2.12. The zero-order valence-corrected chi connectivity index (χ0v) is 15.4. The molecule has 136 valence electrons. The van der Waals surface area contributed by atoms with Crippen molar-refractivity contribution < 1.29 is 19.1 Å². The van der Waals surface area contributed by atoms with Gasteiger partial charge in [-0.05, 0) is 31.2 Å². The number of imide groups is 1. The van der Waals surface area contributed by atoms with Crippen molar-refractivity contribution >= 4 is 39.3 Å². The third-order valence-electron chi connectivity index (χ3n) is 4.36. The number of fused-ring (bicyclic) bond motifs is 2. The summed E-state index contributed by atoms with van der Waals surface area (Å²) in [5.41, 5.74) is 2.55. The molecule has 2 heterocycles. The Kier molecular flexibility index (Phi) is 4.45. The van der Waals surface area contributed by atoms with Crippen LogP contribution in [0.25, 0.3) is 10.2 Å². The highest BCUT2D eigenvalue weighted by molar-refractivity contribution is 7.18. The number of thiazole rings is 1. The van der Waals surface area contributed by atoms with Gasteiger partial charge in [-0.25, -0.2) is 4.98 Å². The standard InChI is InChI=1S/C20H16N2O4S/c1-12-6-7-13-14(10-12)20(25)22(19(13)24)9-8-18(23)26-11-17-21-15-4-2-3-5-16(15)27-17/h2-7,10H,8-9,11H2,1H3. The van der Waals surface area contributed by atoms with E-state index in [0.717, 1.165) is 20.7 Å². The maximum absolute atomic E-state index is 12.4. The van der Waals surface area contributed by atoms with Crippen molar-refractivity contribution in [2.24, 2.45) is 0 Å². The highest BCUT2D eigenvalue weighted by atomic mass is 32.1. The Hall–Kier alpha value is -3.06. The van der Waals surface area contributed by atoms with Crippen molar-refractivity contribution in [2.45, 2.75) is 20.0 Å². The minimum absolute atomic E-state index is 0.00404. The number of nitrogens with zero attached hydrogens (tertiary/aromatic N) is 2. The molecule has 27 heavy (non-hydrogen) atoms. The highest BCUT2D eigenvalue weighted by Crippen LogP contribution is 2.24. The Balaban J connectivity index is 1.34. The van der Waals surface area contributed by atoms with Crippen LogP contribution in [-0.2, 0) is 16.1 Å². The van der Waals surface area contributed by atoms with Crippen LogP contribution in [0.2, 0.25) is 0 Å². The lowest BCUT2D eigenvalue weighted by Crippen LogP contribution is -2.32. The maximum atomic E-state index is 12.4. The van der Waals surface area contributed by atoms with E-state index in [-0.39, 0.29) is 31.4 Å². The average molecular weight is 380 g/mol. The van der Waals surface area contributed by atoms with Gasteiger partial charge in [-0.1, -0.05) is 23.8 Å². The van der Waals surface area contributed by atoms with Crippen molar-refractivity contribution in [1.29, 1.82) is 0 Å². The van der Waals surface area contributed by atoms with Gasteiger partial charge < -0.3 is 4.74 Å². The van der Waals surface area contributed by atoms with E-state index >= 15 is 0 Å². The second kappa shape index (κ2) is 6.92. The van der Waals surface area contributed by atoms with Gasteiger partial charge in [0.1, 0.15) is 11.6 Å². The fourth-order valence-electron chi connectivity index (χ4n) is 3.01. The largest absolute Gasteiger partial charge is 0.458 e. The molecule has 0 fully saturated rings. The number of esters is 1. The number of para-hydroxylation sites is 1. The molecule has 0 N–H and O–H groups in total. The number of carbonyl (C=O) groups excluding carboxylic acids is 3. The summed E-state index contributed by atoms with van der Waals surface area (Å²) in [5.74, 6) is -1.20. The van der Waals surface area contributed by atoms with Gasteiger partial charge in [-0.15, -0.1) is 11.3 Å². The minimum atomic E-state index is -0.470. The molecule has 1 aliphatic heterocycles. The van der Waals surface area contributed by atoms with Crippen molar-refractivity contribution in [2.75, 3.05) is 6.54 Å². The third-order valence-corrected chi connectivity index (χ3v) is 5.37. The molecule has 1 aliphatic rings. The summed E-state index contributed by atoms with van der Waals surface area (Å²) in [4.78, 5) is 42.3. The molecule has 0 saturated carbocycles. The van der Waals surface area contributed by atoms with Crippen LogP contribution in [-0.4, -0.2) is 34.2 Å². The van der Waals surface area contributed by atoms with E-state index in [4.69, 9.17) is 4.74 Å². The van der Waals surface area contributed by atoms with E-state index in [2.05, 4.69) is 4.98 Å². The van der Waals surface area contributed by atoms with Gasteiger partial charge in [0.2, 0.25) is 0 Å². The predicted octanol–water partition coefficient (Wildman–Crippen LogP) is 3.33. The maximum Gasteiger partial charge on any atom is 0.308 e. The van der Waals surface area contributed by atoms with E-state index in [0.29, 0.717) is 16.1 Å². The highest BCUT2D eigenvalue weighted by Gasteiger charge is 2.35. The molecule has 0 unspecified atom stereocenters. The number of aromatic nitrogens is 1. The number of ether oxygens (including phenoxy) is 1. The third kappa shape index (κ3) is 3.33. The number of amides is 2. The van der Waals surface area contributed by atoms with Gasteiger partial charge in [-0.3, -0.25) is 19.3 Å². The molecule has 0 saturated heterocycles. The molecule has 0 aliphatic carbocycles. The number of aryl methyl sites for hydroxylation is 1. The van der Waals surface area contributed by atoms with Gasteiger partial charge in [0, 0.05) is 6.54 Å². The molecule has 0 radical (unpaired) electrons. The summed E-state index contributed by atoms with van der Waals surface area (Å²) in [5, 5.41) is 0.709. The second-order valence-electron chi connectivity index (χ2n) is 6.30. The normalized spacial score (nSPS) is 13.3. The van der Waals surface area contributed by atoms with Gasteiger partial charge in [0.05, 0.1) is 27.8 Å². The Morgan fingerprint density at radius 2 is 1.89 bits per heavy atom. The first-order valence-electron chi connectivity index (χ1n) is 8.50. The first-order chi connectivity index (χ1) is 13.0. The van der Waals surface area contributed by atoms with Crippen LogP contribution in [0.15, 0.2) is 42.5 Å². The van der Waals surface area contributed by atoms with Crippen LogP contribution in [0.5, 0.6) is 0 Å². The van der Waals surface area contributed by atoms with Gasteiger partial charge in [-0.2, -0.15) is 0 Å². The number of benzene rings is 2. The molecular weight excluding hydrogens is 364 g/mol. The molecule has 3 aromatic rings. The molecule has 4 rings (SSSR count). The Labute approximate surface area is 159 Å². The minimum Gasteiger partial charge on any atom is -0.458 e. The lowest BCUT2D eigenvalue weighted by atomic mass is 10.1. The topological polar surface area (TPSA) is 76.6 Å².